The third-order valence-electron chi connectivity index (χ3n) is 3.55. The standard InChI is InChI=1S/C15H22N2O/c1-2-6-13-9-10-17(12-13)15(18)11-16-14-7-4-3-5-8-14/h3-5,7-8,13,16H,2,6,9-12H2,1H3. The van der Waals surface area contributed by atoms with Crippen molar-refractivity contribution in [3.8, 4) is 0 Å². The van der Waals surface area contributed by atoms with Gasteiger partial charge in [0, 0.05) is 18.8 Å². The van der Waals surface area contributed by atoms with E-state index in [1.54, 1.807) is 0 Å². The fourth-order valence-corrected chi connectivity index (χ4v) is 2.55. The molecule has 1 saturated heterocycles. The Labute approximate surface area is 109 Å². The van der Waals surface area contributed by atoms with Crippen molar-refractivity contribution < 1.29 is 4.79 Å². The van der Waals surface area contributed by atoms with Crippen molar-refractivity contribution in [1.29, 1.82) is 0 Å². The number of carbonyl (C=O) groups is 1. The molecule has 3 heteroatoms. The molecule has 1 fully saturated rings. The van der Waals surface area contributed by atoms with Crippen molar-refractivity contribution >= 4 is 11.6 Å². The molecule has 1 aromatic rings. The van der Waals surface area contributed by atoms with Crippen LogP contribution < -0.4 is 5.32 Å². The Morgan fingerprint density at radius 2 is 2.17 bits per heavy atom. The Morgan fingerprint density at radius 3 is 2.89 bits per heavy atom. The zero-order chi connectivity index (χ0) is 12.8. The van der Waals surface area contributed by atoms with Crippen LogP contribution in [0.5, 0.6) is 0 Å². The van der Waals surface area contributed by atoms with Gasteiger partial charge in [0.2, 0.25) is 5.91 Å². The Kier molecular flexibility index (Phi) is 4.62. The Balaban J connectivity index is 1.76. The molecule has 0 aliphatic carbocycles. The van der Waals surface area contributed by atoms with E-state index in [-0.39, 0.29) is 5.91 Å². The summed E-state index contributed by atoms with van der Waals surface area (Å²) in [6, 6.07) is 9.89. The molecule has 3 nitrogen and oxygen atoms in total. The number of hydrogen-bond acceptors (Lipinski definition) is 2. The van der Waals surface area contributed by atoms with Gasteiger partial charge < -0.3 is 10.2 Å². The van der Waals surface area contributed by atoms with Gasteiger partial charge in [0.15, 0.2) is 0 Å². The minimum absolute atomic E-state index is 0.220. The van der Waals surface area contributed by atoms with Crippen LogP contribution in [-0.2, 0) is 4.79 Å². The van der Waals surface area contributed by atoms with E-state index in [2.05, 4.69) is 12.2 Å². The molecular weight excluding hydrogens is 224 g/mol. The minimum atomic E-state index is 0.220. The van der Waals surface area contributed by atoms with Crippen LogP contribution in [0.4, 0.5) is 5.69 Å². The molecule has 1 unspecified atom stereocenters. The Morgan fingerprint density at radius 1 is 1.39 bits per heavy atom. The molecule has 0 radical (unpaired) electrons. The monoisotopic (exact) mass is 246 g/mol. The second kappa shape index (κ2) is 6.43. The van der Waals surface area contributed by atoms with E-state index in [9.17, 15) is 4.79 Å². The molecule has 1 N–H and O–H groups in total. The number of amides is 1. The number of nitrogens with zero attached hydrogens (tertiary/aromatic N) is 1. The summed E-state index contributed by atoms with van der Waals surface area (Å²) in [5, 5.41) is 3.18. The molecule has 1 aromatic carbocycles. The van der Waals surface area contributed by atoms with Gasteiger partial charge >= 0.3 is 0 Å². The van der Waals surface area contributed by atoms with Crippen LogP contribution in [-0.4, -0.2) is 30.4 Å². The van der Waals surface area contributed by atoms with Crippen molar-refractivity contribution in [2.75, 3.05) is 25.0 Å². The fraction of sp³-hybridized carbons (Fsp3) is 0.533. The SMILES string of the molecule is CCCC1CCN(C(=O)CNc2ccccc2)C1. The fourth-order valence-electron chi connectivity index (χ4n) is 2.55. The maximum atomic E-state index is 12.0. The Bertz CT molecular complexity index is 377. The molecule has 2 rings (SSSR count). The zero-order valence-corrected chi connectivity index (χ0v) is 11.1. The first kappa shape index (κ1) is 12.9. The topological polar surface area (TPSA) is 32.3 Å². The van der Waals surface area contributed by atoms with Gasteiger partial charge in [-0.3, -0.25) is 4.79 Å². The lowest BCUT2D eigenvalue weighted by Crippen LogP contribution is -2.33. The number of para-hydroxylation sites is 1. The van der Waals surface area contributed by atoms with Crippen molar-refractivity contribution in [3.63, 3.8) is 0 Å². The van der Waals surface area contributed by atoms with E-state index >= 15 is 0 Å². The average Bonchev–Trinajstić information content (AvgIpc) is 2.86. The molecule has 1 aliphatic rings. The summed E-state index contributed by atoms with van der Waals surface area (Å²) in [6.45, 7) is 4.49. The lowest BCUT2D eigenvalue weighted by atomic mass is 10.0. The van der Waals surface area contributed by atoms with Crippen molar-refractivity contribution in [2.45, 2.75) is 26.2 Å². The molecule has 0 bridgehead atoms. The molecule has 0 spiro atoms. The highest BCUT2D eigenvalue weighted by molar-refractivity contribution is 5.81. The minimum Gasteiger partial charge on any atom is -0.376 e. The molecule has 1 heterocycles. The summed E-state index contributed by atoms with van der Waals surface area (Å²) in [5.41, 5.74) is 1.01. The summed E-state index contributed by atoms with van der Waals surface area (Å²) in [4.78, 5) is 14.0. The van der Waals surface area contributed by atoms with Gasteiger partial charge in [-0.1, -0.05) is 31.5 Å². The third kappa shape index (κ3) is 3.49. The van der Waals surface area contributed by atoms with Crippen molar-refractivity contribution in [2.24, 2.45) is 5.92 Å². The van der Waals surface area contributed by atoms with Gasteiger partial charge in [0.05, 0.1) is 6.54 Å². The van der Waals surface area contributed by atoms with Gasteiger partial charge in [-0.25, -0.2) is 0 Å². The summed E-state index contributed by atoms with van der Waals surface area (Å²) >= 11 is 0. The lowest BCUT2D eigenvalue weighted by Gasteiger charge is -2.17. The number of carbonyl (C=O) groups excluding carboxylic acids is 1. The van der Waals surface area contributed by atoms with Crippen LogP contribution in [0.15, 0.2) is 30.3 Å². The van der Waals surface area contributed by atoms with Crippen LogP contribution in [0.3, 0.4) is 0 Å². The first-order valence-electron chi connectivity index (χ1n) is 6.86. The van der Waals surface area contributed by atoms with E-state index in [4.69, 9.17) is 0 Å². The van der Waals surface area contributed by atoms with Crippen LogP contribution in [0, 0.1) is 5.92 Å². The van der Waals surface area contributed by atoms with E-state index in [1.807, 2.05) is 35.2 Å². The maximum absolute atomic E-state index is 12.0. The molecular formula is C15H22N2O. The second-order valence-electron chi connectivity index (χ2n) is 5.00. The second-order valence-corrected chi connectivity index (χ2v) is 5.00. The lowest BCUT2D eigenvalue weighted by molar-refractivity contribution is -0.128. The molecule has 0 saturated carbocycles. The predicted octanol–water partition coefficient (Wildman–Crippen LogP) is 2.75. The van der Waals surface area contributed by atoms with Gasteiger partial charge in [-0.05, 0) is 30.9 Å². The number of benzene rings is 1. The maximum Gasteiger partial charge on any atom is 0.241 e. The molecule has 18 heavy (non-hydrogen) atoms. The van der Waals surface area contributed by atoms with E-state index in [0.717, 1.165) is 24.7 Å². The van der Waals surface area contributed by atoms with Gasteiger partial charge in [-0.15, -0.1) is 0 Å². The van der Waals surface area contributed by atoms with Gasteiger partial charge in [0.1, 0.15) is 0 Å². The molecule has 1 atom stereocenters. The van der Waals surface area contributed by atoms with E-state index < -0.39 is 0 Å². The highest BCUT2D eigenvalue weighted by Gasteiger charge is 2.24. The van der Waals surface area contributed by atoms with Gasteiger partial charge in [0.25, 0.3) is 0 Å². The molecule has 1 aliphatic heterocycles. The number of hydrogen-bond donors (Lipinski definition) is 1. The zero-order valence-electron chi connectivity index (χ0n) is 11.1. The molecule has 0 aromatic heterocycles. The summed E-state index contributed by atoms with van der Waals surface area (Å²) in [6.07, 6.45) is 3.63. The van der Waals surface area contributed by atoms with E-state index in [1.165, 1.54) is 19.3 Å². The number of rotatable bonds is 5. The van der Waals surface area contributed by atoms with Gasteiger partial charge in [-0.2, -0.15) is 0 Å². The highest BCUT2D eigenvalue weighted by Crippen LogP contribution is 2.20. The van der Waals surface area contributed by atoms with Crippen LogP contribution >= 0.6 is 0 Å². The normalized spacial score (nSPS) is 18.9. The van der Waals surface area contributed by atoms with E-state index in [0.29, 0.717) is 6.54 Å². The first-order chi connectivity index (χ1) is 8.79. The molecule has 1 amide bonds. The highest BCUT2D eigenvalue weighted by atomic mass is 16.2. The van der Waals surface area contributed by atoms with Crippen LogP contribution in [0.2, 0.25) is 0 Å². The number of nitrogens with one attached hydrogen (secondary N) is 1. The van der Waals surface area contributed by atoms with Crippen LogP contribution in [0.1, 0.15) is 26.2 Å². The summed E-state index contributed by atoms with van der Waals surface area (Å²) in [7, 11) is 0. The number of anilines is 1. The Hall–Kier alpha value is -1.51. The predicted molar refractivity (Wildman–Crippen MR) is 74.5 cm³/mol. The first-order valence-corrected chi connectivity index (χ1v) is 6.86. The largest absolute Gasteiger partial charge is 0.376 e. The number of likely N-dealkylation sites (tertiary alicyclic amines) is 1. The van der Waals surface area contributed by atoms with Crippen LogP contribution in [0.25, 0.3) is 0 Å². The summed E-state index contributed by atoms with van der Waals surface area (Å²) < 4.78 is 0. The summed E-state index contributed by atoms with van der Waals surface area (Å²) in [5.74, 6) is 0.938. The van der Waals surface area contributed by atoms with Crippen molar-refractivity contribution in [1.82, 2.24) is 4.90 Å². The molecule has 98 valence electrons. The quantitative estimate of drug-likeness (QED) is 0.866. The smallest absolute Gasteiger partial charge is 0.241 e. The average molecular weight is 246 g/mol. The van der Waals surface area contributed by atoms with Crippen molar-refractivity contribution in [3.05, 3.63) is 30.3 Å². The third-order valence-corrected chi connectivity index (χ3v) is 3.55.